The minimum atomic E-state index is -3.86. The monoisotopic (exact) mass is 484 g/mol. The largest absolute Gasteiger partial charge is 0.492 e. The number of primary amides is 2. The number of carbonyl (C=O) groups excluding carboxylic acids is 2. The van der Waals surface area contributed by atoms with Crippen molar-refractivity contribution in [1.82, 2.24) is 0 Å². The summed E-state index contributed by atoms with van der Waals surface area (Å²) in [5.74, 6) is -1.05. The quantitative estimate of drug-likeness (QED) is 0.320. The van der Waals surface area contributed by atoms with Crippen LogP contribution >= 0.6 is 35.6 Å². The Kier molecular flexibility index (Phi) is 7.09. The maximum atomic E-state index is 14.1. The molecule has 0 saturated carbocycles. The first-order valence-electron chi connectivity index (χ1n) is 7.59. The number of hydrogen-bond acceptors (Lipinski definition) is 6. The average molecular weight is 485 g/mol. The summed E-state index contributed by atoms with van der Waals surface area (Å²) in [6.45, 7) is 0.165. The number of carbonyl (C=O) groups is 2. The topological polar surface area (TPSA) is 136 Å². The zero-order valence-corrected chi connectivity index (χ0v) is 17.0. The summed E-state index contributed by atoms with van der Waals surface area (Å²) in [5, 5.41) is 0.245. The number of amides is 2. The highest BCUT2D eigenvalue weighted by Crippen LogP contribution is 2.58. The predicted octanol–water partition coefficient (Wildman–Crippen LogP) is 3.14. The van der Waals surface area contributed by atoms with Crippen molar-refractivity contribution in [3.05, 3.63) is 27.0 Å². The number of thiophene rings is 1. The Balaban J connectivity index is 2.42. The number of alkyl halides is 2. The van der Waals surface area contributed by atoms with Crippen molar-refractivity contribution < 1.29 is 32.9 Å². The number of nitrogens with two attached hydrogens (primary N) is 2. The second-order valence-corrected chi connectivity index (χ2v) is 8.52. The highest BCUT2D eigenvalue weighted by molar-refractivity contribution is 9.10. The first-order valence-corrected chi connectivity index (χ1v) is 10.4. The van der Waals surface area contributed by atoms with Crippen LogP contribution in [-0.4, -0.2) is 28.2 Å². The summed E-state index contributed by atoms with van der Waals surface area (Å²) in [6.07, 6.45) is 1.17. The highest BCUT2D eigenvalue weighted by atomic mass is 79.9. The first kappa shape index (κ1) is 21.9. The predicted molar refractivity (Wildman–Crippen MR) is 102 cm³/mol. The Labute approximate surface area is 166 Å². The zero-order chi connectivity index (χ0) is 20.4. The molecule has 0 fully saturated rings. The molecule has 1 heterocycles. The van der Waals surface area contributed by atoms with E-state index in [2.05, 4.69) is 15.9 Å². The number of unbranched alkanes of at least 4 members (excludes halogenated alkanes) is 1. The van der Waals surface area contributed by atoms with Crippen molar-refractivity contribution >= 4 is 57.5 Å². The van der Waals surface area contributed by atoms with Crippen LogP contribution in [-0.2, 0) is 10.5 Å². The van der Waals surface area contributed by atoms with E-state index in [1.807, 2.05) is 0 Å². The molecule has 27 heavy (non-hydrogen) atoms. The van der Waals surface area contributed by atoms with Crippen molar-refractivity contribution in [2.24, 2.45) is 11.5 Å². The molecule has 0 unspecified atom stereocenters. The Hall–Kier alpha value is -1.39. The van der Waals surface area contributed by atoms with Crippen LogP contribution in [0.4, 0.5) is 8.78 Å². The van der Waals surface area contributed by atoms with Crippen LogP contribution in [0, 0.1) is 0 Å². The van der Waals surface area contributed by atoms with E-state index in [0.717, 1.165) is 0 Å². The molecule has 0 aliphatic rings. The van der Waals surface area contributed by atoms with Gasteiger partial charge in [-0.1, -0.05) is 0 Å². The Morgan fingerprint density at radius 3 is 2.48 bits per heavy atom. The molecule has 148 valence electrons. The number of ether oxygens (including phenoxy) is 1. The van der Waals surface area contributed by atoms with Crippen molar-refractivity contribution in [2.75, 3.05) is 6.61 Å². The van der Waals surface area contributed by atoms with E-state index in [0.29, 0.717) is 28.9 Å². The number of benzene rings is 1. The van der Waals surface area contributed by atoms with E-state index in [1.54, 1.807) is 0 Å². The van der Waals surface area contributed by atoms with Crippen molar-refractivity contribution in [3.8, 4) is 5.75 Å². The number of fused-ring (bicyclic) bond motifs is 1. The van der Waals surface area contributed by atoms with E-state index >= 15 is 0 Å². The molecular formula is C15H16BrF2N2O5PS. The van der Waals surface area contributed by atoms with Gasteiger partial charge in [-0.25, -0.2) is 0 Å². The smallest absolute Gasteiger partial charge is 0.349 e. The van der Waals surface area contributed by atoms with Crippen molar-refractivity contribution in [2.45, 2.75) is 24.9 Å². The van der Waals surface area contributed by atoms with Gasteiger partial charge >= 0.3 is 5.66 Å². The second kappa shape index (κ2) is 8.74. The molecule has 1 aromatic heterocycles. The molecule has 0 atom stereocenters. The summed E-state index contributed by atoms with van der Waals surface area (Å²) < 4.78 is 34.1. The van der Waals surface area contributed by atoms with Crippen LogP contribution in [0.1, 0.15) is 34.5 Å². The summed E-state index contributed by atoms with van der Waals surface area (Å²) in [7, 11) is -3.55. The fraction of sp³-hybridized carbons (Fsp3) is 0.333. The van der Waals surface area contributed by atoms with Gasteiger partial charge in [0.2, 0.25) is 20.2 Å². The molecule has 2 amide bonds. The lowest BCUT2D eigenvalue weighted by molar-refractivity contribution is -0.118. The van der Waals surface area contributed by atoms with Gasteiger partial charge in [0, 0.05) is 21.8 Å². The van der Waals surface area contributed by atoms with Gasteiger partial charge in [-0.2, -0.15) is 8.78 Å². The molecule has 2 rings (SSSR count). The average Bonchev–Trinajstić information content (AvgIpc) is 2.91. The van der Waals surface area contributed by atoms with E-state index in [9.17, 15) is 18.4 Å². The summed E-state index contributed by atoms with van der Waals surface area (Å²) in [5.41, 5.74) is 6.54. The van der Waals surface area contributed by atoms with E-state index in [1.165, 1.54) is 12.1 Å². The fourth-order valence-electron chi connectivity index (χ4n) is 2.26. The third-order valence-corrected chi connectivity index (χ3v) is 6.83. The Bertz CT molecular complexity index is 877. The van der Waals surface area contributed by atoms with Crippen LogP contribution in [0.3, 0.4) is 0 Å². The molecule has 0 spiro atoms. The minimum Gasteiger partial charge on any atom is -0.492 e. The summed E-state index contributed by atoms with van der Waals surface area (Å²) in [6, 6.07) is 2.67. The molecule has 1 aromatic carbocycles. The molecular weight excluding hydrogens is 469 g/mol. The number of hydrogen-bond donors (Lipinski definition) is 4. The lowest BCUT2D eigenvalue weighted by Gasteiger charge is -2.15. The van der Waals surface area contributed by atoms with Gasteiger partial charge in [-0.15, -0.1) is 11.3 Å². The minimum absolute atomic E-state index is 0.0539. The van der Waals surface area contributed by atoms with Gasteiger partial charge in [-0.05, 0) is 40.9 Å². The van der Waals surface area contributed by atoms with Gasteiger partial charge < -0.3 is 26.0 Å². The number of rotatable bonds is 9. The molecule has 7 nitrogen and oxygen atoms in total. The number of halogens is 3. The third kappa shape index (κ3) is 4.91. The summed E-state index contributed by atoms with van der Waals surface area (Å²) in [4.78, 5) is 39.8. The molecule has 12 heteroatoms. The van der Waals surface area contributed by atoms with Gasteiger partial charge in [0.15, 0.2) is 0 Å². The van der Waals surface area contributed by atoms with E-state index in [4.69, 9.17) is 26.0 Å². The van der Waals surface area contributed by atoms with E-state index < -0.39 is 30.7 Å². The van der Waals surface area contributed by atoms with Crippen molar-refractivity contribution in [3.63, 3.8) is 0 Å². The molecule has 0 aliphatic carbocycles. The lowest BCUT2D eigenvalue weighted by atomic mass is 10.1. The summed E-state index contributed by atoms with van der Waals surface area (Å²) >= 11 is 3.66. The van der Waals surface area contributed by atoms with Gasteiger partial charge in [0.05, 0.1) is 16.2 Å². The Morgan fingerprint density at radius 2 is 1.93 bits per heavy atom. The van der Waals surface area contributed by atoms with E-state index in [-0.39, 0.29) is 34.2 Å². The SMILES string of the molecule is NC(=O)CCCCOc1cc(C(N)=O)cc2c(Br)c(C(F)(F)P(O)O)sc12. The highest BCUT2D eigenvalue weighted by Gasteiger charge is 2.45. The maximum Gasteiger partial charge on any atom is 0.349 e. The van der Waals surface area contributed by atoms with Crippen LogP contribution in [0.5, 0.6) is 5.75 Å². The first-order chi connectivity index (χ1) is 12.6. The zero-order valence-electron chi connectivity index (χ0n) is 13.7. The molecule has 6 N–H and O–H groups in total. The van der Waals surface area contributed by atoms with Gasteiger partial charge in [0.1, 0.15) is 5.75 Å². The Morgan fingerprint density at radius 1 is 1.26 bits per heavy atom. The normalized spacial score (nSPS) is 11.9. The van der Waals surface area contributed by atoms with Gasteiger partial charge in [0.25, 0.3) is 0 Å². The lowest BCUT2D eigenvalue weighted by Crippen LogP contribution is -2.11. The molecule has 0 saturated heterocycles. The maximum absolute atomic E-state index is 14.1. The van der Waals surface area contributed by atoms with Crippen LogP contribution < -0.4 is 16.2 Å². The molecule has 0 bridgehead atoms. The molecule has 0 aliphatic heterocycles. The molecule has 2 aromatic rings. The third-order valence-electron chi connectivity index (χ3n) is 3.58. The fourth-order valence-corrected chi connectivity index (χ4v) is 5.04. The standard InChI is InChI=1S/C15H16BrF2N2O5PS/c16-11-8-5-7(14(20)22)6-9(25-4-2-1-3-10(19)21)12(8)27-13(11)15(17,18)26(23)24/h5-6,23-24H,1-4H2,(H2,19,21)(H2,20,22). The second-order valence-electron chi connectivity index (χ2n) is 5.56. The molecule has 0 radical (unpaired) electrons. The van der Waals surface area contributed by atoms with Crippen LogP contribution in [0.25, 0.3) is 10.1 Å². The van der Waals surface area contributed by atoms with Gasteiger partial charge in [-0.3, -0.25) is 9.59 Å². The van der Waals surface area contributed by atoms with Crippen LogP contribution in [0.2, 0.25) is 0 Å². The van der Waals surface area contributed by atoms with Crippen molar-refractivity contribution in [1.29, 1.82) is 0 Å². The van der Waals surface area contributed by atoms with Crippen LogP contribution in [0.15, 0.2) is 16.6 Å².